The first-order valence-corrected chi connectivity index (χ1v) is 11.2. The summed E-state index contributed by atoms with van der Waals surface area (Å²) in [6.45, 7) is 9.22. The van der Waals surface area contributed by atoms with Crippen LogP contribution < -0.4 is 5.32 Å². The van der Waals surface area contributed by atoms with Gasteiger partial charge in [-0.1, -0.05) is 57.0 Å². The van der Waals surface area contributed by atoms with E-state index in [-0.39, 0.29) is 0 Å². The van der Waals surface area contributed by atoms with E-state index in [0.717, 1.165) is 5.92 Å². The summed E-state index contributed by atoms with van der Waals surface area (Å²) in [5.74, 6) is 0.851. The van der Waals surface area contributed by atoms with Crippen LogP contribution in [-0.2, 0) is 7.05 Å². The number of rotatable bonds is 7. The summed E-state index contributed by atoms with van der Waals surface area (Å²) in [4.78, 5) is 0. The van der Waals surface area contributed by atoms with Crippen LogP contribution in [0, 0.1) is 12.8 Å². The van der Waals surface area contributed by atoms with E-state index in [2.05, 4.69) is 93.2 Å². The molecule has 0 aliphatic carbocycles. The largest absolute Gasteiger partial charge is 0.382 e. The summed E-state index contributed by atoms with van der Waals surface area (Å²) in [5, 5.41) is 9.21. The van der Waals surface area contributed by atoms with Gasteiger partial charge in [0.25, 0.3) is 0 Å². The number of nitrogens with one attached hydrogen (secondary N) is 1. The number of nitrogens with zero attached hydrogens (tertiary/aromatic N) is 1. The number of aromatic nitrogens is 1. The molecule has 3 aromatic carbocycles. The monoisotopic (exact) mass is 386 g/mol. The van der Waals surface area contributed by atoms with Crippen LogP contribution in [0.2, 0.25) is 0 Å². The fourth-order valence-corrected chi connectivity index (χ4v) is 4.99. The van der Waals surface area contributed by atoms with Gasteiger partial charge in [0.05, 0.1) is 5.52 Å². The van der Waals surface area contributed by atoms with Gasteiger partial charge < -0.3 is 9.88 Å². The van der Waals surface area contributed by atoms with E-state index in [1.807, 2.05) is 0 Å². The van der Waals surface area contributed by atoms with E-state index in [4.69, 9.17) is 0 Å². The third-order valence-corrected chi connectivity index (χ3v) is 6.86. The maximum absolute atomic E-state index is 3.83. The molecular formula is C27H34N2. The molecule has 1 aromatic heterocycles. The number of hydrogen-bond donors (Lipinski definition) is 1. The van der Waals surface area contributed by atoms with Crippen molar-refractivity contribution in [2.45, 2.75) is 59.4 Å². The molecule has 0 aliphatic rings. The summed E-state index contributed by atoms with van der Waals surface area (Å²) in [5.41, 5.74) is 5.27. The number of aryl methyl sites for hydroxylation is 2. The molecule has 2 nitrogen and oxygen atoms in total. The summed E-state index contributed by atoms with van der Waals surface area (Å²) in [6.07, 6.45) is 5.10. The third-order valence-electron chi connectivity index (χ3n) is 6.86. The van der Waals surface area contributed by atoms with E-state index in [1.54, 1.807) is 0 Å². The standard InChI is InChI=1S/C27H34N2/c1-6-20(7-2)16-15-18(3)28-25-13-10-12-21-19(4)27-24(17-23(21)25)22-11-8-9-14-26(22)29(27)5/h8-14,17-18,20,28H,6-7,15-16H2,1-5H3. The van der Waals surface area contributed by atoms with Crippen molar-refractivity contribution in [1.82, 2.24) is 4.57 Å². The molecule has 4 aromatic rings. The van der Waals surface area contributed by atoms with Crippen LogP contribution in [-0.4, -0.2) is 10.6 Å². The summed E-state index contributed by atoms with van der Waals surface area (Å²) < 4.78 is 2.35. The van der Waals surface area contributed by atoms with Gasteiger partial charge in [-0.2, -0.15) is 0 Å². The Labute approximate surface area is 174 Å². The lowest BCUT2D eigenvalue weighted by Crippen LogP contribution is -2.16. The Morgan fingerprint density at radius 2 is 1.59 bits per heavy atom. The lowest BCUT2D eigenvalue weighted by molar-refractivity contribution is 0.429. The number of anilines is 1. The summed E-state index contributed by atoms with van der Waals surface area (Å²) in [7, 11) is 2.19. The van der Waals surface area contributed by atoms with Crippen molar-refractivity contribution in [2.75, 3.05) is 5.32 Å². The molecule has 0 fully saturated rings. The quantitative estimate of drug-likeness (QED) is 0.343. The van der Waals surface area contributed by atoms with Gasteiger partial charge in [-0.05, 0) is 61.8 Å². The highest BCUT2D eigenvalue weighted by Crippen LogP contribution is 2.37. The molecule has 1 N–H and O–H groups in total. The minimum atomic E-state index is 0.477. The SMILES string of the molecule is CCC(CC)CCC(C)Nc1cccc2c(C)c3c(cc12)c1ccccc1n3C. The smallest absolute Gasteiger partial charge is 0.0524 e. The maximum Gasteiger partial charge on any atom is 0.0524 e. The first kappa shape index (κ1) is 19.8. The summed E-state index contributed by atoms with van der Waals surface area (Å²) >= 11 is 0. The molecule has 0 spiro atoms. The van der Waals surface area contributed by atoms with Gasteiger partial charge in [-0.15, -0.1) is 0 Å². The molecule has 1 unspecified atom stereocenters. The predicted octanol–water partition coefficient (Wildman–Crippen LogP) is 7.81. The van der Waals surface area contributed by atoms with Gasteiger partial charge in [0.15, 0.2) is 0 Å². The van der Waals surface area contributed by atoms with E-state index in [9.17, 15) is 0 Å². The van der Waals surface area contributed by atoms with Gasteiger partial charge in [0, 0.05) is 40.5 Å². The van der Waals surface area contributed by atoms with E-state index >= 15 is 0 Å². The zero-order valence-electron chi connectivity index (χ0n) is 18.5. The van der Waals surface area contributed by atoms with Gasteiger partial charge in [0.2, 0.25) is 0 Å². The Morgan fingerprint density at radius 3 is 2.34 bits per heavy atom. The average Bonchev–Trinajstić information content (AvgIpc) is 3.02. The second-order valence-electron chi connectivity index (χ2n) is 8.68. The number of fused-ring (bicyclic) bond motifs is 4. The maximum atomic E-state index is 3.83. The molecular weight excluding hydrogens is 352 g/mol. The molecule has 29 heavy (non-hydrogen) atoms. The predicted molar refractivity (Wildman–Crippen MR) is 129 cm³/mol. The lowest BCUT2D eigenvalue weighted by atomic mass is 9.95. The van der Waals surface area contributed by atoms with Crippen molar-refractivity contribution < 1.29 is 0 Å². The van der Waals surface area contributed by atoms with Crippen LogP contribution in [0.4, 0.5) is 5.69 Å². The molecule has 4 rings (SSSR count). The van der Waals surface area contributed by atoms with Crippen LogP contribution in [0.1, 0.15) is 52.0 Å². The second-order valence-corrected chi connectivity index (χ2v) is 8.68. The Balaban J connectivity index is 1.77. The summed E-state index contributed by atoms with van der Waals surface area (Å²) in [6, 6.07) is 18.3. The molecule has 152 valence electrons. The fraction of sp³-hybridized carbons (Fsp3) is 0.407. The minimum Gasteiger partial charge on any atom is -0.382 e. The molecule has 0 bridgehead atoms. The van der Waals surface area contributed by atoms with Crippen molar-refractivity contribution in [3.63, 3.8) is 0 Å². The second kappa shape index (κ2) is 8.10. The van der Waals surface area contributed by atoms with E-state index in [0.29, 0.717) is 6.04 Å². The average molecular weight is 387 g/mol. The fourth-order valence-electron chi connectivity index (χ4n) is 4.99. The Hall–Kier alpha value is -2.48. The van der Waals surface area contributed by atoms with Crippen LogP contribution in [0.25, 0.3) is 32.6 Å². The van der Waals surface area contributed by atoms with Crippen molar-refractivity contribution in [3.05, 3.63) is 54.1 Å². The number of benzene rings is 3. The first-order valence-electron chi connectivity index (χ1n) is 11.2. The molecule has 2 heteroatoms. The highest BCUT2D eigenvalue weighted by molar-refractivity contribution is 6.16. The minimum absolute atomic E-state index is 0.477. The molecule has 0 amide bonds. The van der Waals surface area contributed by atoms with Gasteiger partial charge in [-0.3, -0.25) is 0 Å². The third kappa shape index (κ3) is 3.50. The van der Waals surface area contributed by atoms with E-state index < -0.39 is 0 Å². The van der Waals surface area contributed by atoms with Crippen LogP contribution in [0.15, 0.2) is 48.5 Å². The Kier molecular flexibility index (Phi) is 5.54. The molecule has 0 radical (unpaired) electrons. The van der Waals surface area contributed by atoms with Crippen LogP contribution >= 0.6 is 0 Å². The molecule has 1 heterocycles. The lowest BCUT2D eigenvalue weighted by Gasteiger charge is -2.20. The Bertz CT molecular complexity index is 1150. The topological polar surface area (TPSA) is 17.0 Å². The molecule has 1 atom stereocenters. The normalized spacial score (nSPS) is 13.0. The van der Waals surface area contributed by atoms with E-state index in [1.165, 1.54) is 69.5 Å². The van der Waals surface area contributed by atoms with Gasteiger partial charge >= 0.3 is 0 Å². The molecule has 0 saturated heterocycles. The Morgan fingerprint density at radius 1 is 0.862 bits per heavy atom. The van der Waals surface area contributed by atoms with Crippen LogP contribution in [0.3, 0.4) is 0 Å². The van der Waals surface area contributed by atoms with Gasteiger partial charge in [-0.25, -0.2) is 0 Å². The van der Waals surface area contributed by atoms with Crippen molar-refractivity contribution in [1.29, 1.82) is 0 Å². The molecule has 0 saturated carbocycles. The first-order chi connectivity index (χ1) is 14.0. The van der Waals surface area contributed by atoms with Gasteiger partial charge in [0.1, 0.15) is 0 Å². The van der Waals surface area contributed by atoms with Crippen LogP contribution in [0.5, 0.6) is 0 Å². The zero-order valence-corrected chi connectivity index (χ0v) is 18.5. The highest BCUT2D eigenvalue weighted by Gasteiger charge is 2.15. The van der Waals surface area contributed by atoms with Crippen molar-refractivity contribution >= 4 is 38.3 Å². The number of hydrogen-bond acceptors (Lipinski definition) is 1. The van der Waals surface area contributed by atoms with Crippen molar-refractivity contribution in [2.24, 2.45) is 13.0 Å². The molecule has 0 aliphatic heterocycles. The zero-order chi connectivity index (χ0) is 20.5. The van der Waals surface area contributed by atoms with Crippen molar-refractivity contribution in [3.8, 4) is 0 Å². The number of para-hydroxylation sites is 1. The highest BCUT2D eigenvalue weighted by atomic mass is 14.9.